The number of rotatable bonds is 4. The van der Waals surface area contributed by atoms with Gasteiger partial charge in [0.1, 0.15) is 0 Å². The van der Waals surface area contributed by atoms with E-state index >= 15 is 0 Å². The van der Waals surface area contributed by atoms with Gasteiger partial charge in [-0.25, -0.2) is 0 Å². The first-order chi connectivity index (χ1) is 23.8. The molecule has 0 fully saturated rings. The molecule has 0 amide bonds. The van der Waals surface area contributed by atoms with Crippen LogP contribution in [0.25, 0.3) is 88.0 Å². The van der Waals surface area contributed by atoms with Gasteiger partial charge in [-0.05, 0) is 93.7 Å². The summed E-state index contributed by atoms with van der Waals surface area (Å²) < 4.78 is 4.83. The SMILES string of the molecule is c1ccc(-c2cc(-c3ccc(-n4c5ccccc5c5cc6c7ccccc7n(-c7ccccc7)c6cc54)cc3)cc3ccccc23)cc1. The number of para-hydroxylation sites is 3. The normalized spacial score (nSPS) is 11.8. The van der Waals surface area contributed by atoms with Crippen LogP contribution in [0.1, 0.15) is 0 Å². The van der Waals surface area contributed by atoms with Gasteiger partial charge in [-0.15, -0.1) is 0 Å². The zero-order valence-corrected chi connectivity index (χ0v) is 26.2. The summed E-state index contributed by atoms with van der Waals surface area (Å²) in [5.41, 5.74) is 12.1. The molecule has 2 heteroatoms. The Morgan fingerprint density at radius 1 is 0.271 bits per heavy atom. The lowest BCUT2D eigenvalue weighted by Gasteiger charge is -2.13. The van der Waals surface area contributed by atoms with Crippen molar-refractivity contribution in [3.8, 4) is 33.6 Å². The number of benzene rings is 8. The van der Waals surface area contributed by atoms with Crippen molar-refractivity contribution < 1.29 is 0 Å². The van der Waals surface area contributed by atoms with E-state index in [0.717, 1.165) is 5.69 Å². The highest BCUT2D eigenvalue weighted by Gasteiger charge is 2.18. The summed E-state index contributed by atoms with van der Waals surface area (Å²) in [6.45, 7) is 0. The molecule has 10 rings (SSSR count). The second-order valence-electron chi connectivity index (χ2n) is 12.6. The summed E-state index contributed by atoms with van der Waals surface area (Å²) in [5.74, 6) is 0. The lowest BCUT2D eigenvalue weighted by atomic mass is 9.93. The first-order valence-corrected chi connectivity index (χ1v) is 16.5. The number of fused-ring (bicyclic) bond motifs is 7. The van der Waals surface area contributed by atoms with Crippen LogP contribution in [0.4, 0.5) is 0 Å². The molecule has 2 nitrogen and oxygen atoms in total. The van der Waals surface area contributed by atoms with E-state index < -0.39 is 0 Å². The van der Waals surface area contributed by atoms with E-state index in [1.54, 1.807) is 0 Å². The van der Waals surface area contributed by atoms with Crippen LogP contribution in [-0.4, -0.2) is 9.13 Å². The maximum absolute atomic E-state index is 2.43. The first-order valence-electron chi connectivity index (χ1n) is 16.5. The zero-order valence-electron chi connectivity index (χ0n) is 26.2. The third-order valence-corrected chi connectivity index (χ3v) is 9.89. The molecule has 0 N–H and O–H groups in total. The maximum atomic E-state index is 2.43. The van der Waals surface area contributed by atoms with Crippen molar-refractivity contribution in [3.63, 3.8) is 0 Å². The quantitative estimate of drug-likeness (QED) is 0.188. The van der Waals surface area contributed by atoms with Crippen LogP contribution in [0, 0.1) is 0 Å². The summed E-state index contributed by atoms with van der Waals surface area (Å²) in [6.07, 6.45) is 0. The van der Waals surface area contributed by atoms with Crippen molar-refractivity contribution in [1.29, 1.82) is 0 Å². The van der Waals surface area contributed by atoms with Gasteiger partial charge in [-0.3, -0.25) is 0 Å². The number of aromatic nitrogens is 2. The minimum Gasteiger partial charge on any atom is -0.309 e. The monoisotopic (exact) mass is 610 g/mol. The standard InChI is InChI=1S/C46H30N2/c1-3-13-32(14-4-1)40-28-34(27-33-15-7-8-18-37(33)40)31-23-25-36(26-24-31)48-44-22-12-10-20-39(44)42-29-41-38-19-9-11-21-43(38)47(45(41)30-46(42)48)35-16-5-2-6-17-35/h1-30H. The number of nitrogens with zero attached hydrogens (tertiary/aromatic N) is 2. The van der Waals surface area contributed by atoms with Gasteiger partial charge in [-0.1, -0.05) is 121 Å². The molecule has 0 atom stereocenters. The molecule has 0 aliphatic heterocycles. The Kier molecular flexibility index (Phi) is 5.91. The van der Waals surface area contributed by atoms with Crippen LogP contribution in [0.5, 0.6) is 0 Å². The van der Waals surface area contributed by atoms with Gasteiger partial charge in [0.2, 0.25) is 0 Å². The summed E-state index contributed by atoms with van der Waals surface area (Å²) in [6, 6.07) is 66.2. The maximum Gasteiger partial charge on any atom is 0.0562 e. The number of hydrogen-bond acceptors (Lipinski definition) is 0. The van der Waals surface area contributed by atoms with E-state index in [4.69, 9.17) is 0 Å². The molecule has 8 aromatic carbocycles. The Morgan fingerprint density at radius 2 is 0.792 bits per heavy atom. The van der Waals surface area contributed by atoms with Crippen LogP contribution >= 0.6 is 0 Å². The second-order valence-corrected chi connectivity index (χ2v) is 12.6. The Balaban J connectivity index is 1.18. The molecular formula is C46H30N2. The van der Waals surface area contributed by atoms with Crippen molar-refractivity contribution >= 4 is 54.4 Å². The molecule has 0 spiro atoms. The van der Waals surface area contributed by atoms with Crippen LogP contribution in [0.2, 0.25) is 0 Å². The summed E-state index contributed by atoms with van der Waals surface area (Å²) in [5, 5.41) is 7.58. The van der Waals surface area contributed by atoms with Crippen LogP contribution in [0.15, 0.2) is 182 Å². The molecule has 0 aliphatic rings. The highest BCUT2D eigenvalue weighted by molar-refractivity contribution is 6.19. The predicted molar refractivity (Wildman–Crippen MR) is 203 cm³/mol. The van der Waals surface area contributed by atoms with Crippen molar-refractivity contribution in [2.45, 2.75) is 0 Å². The van der Waals surface area contributed by atoms with Gasteiger partial charge in [0.25, 0.3) is 0 Å². The first kappa shape index (κ1) is 26.8. The molecule has 0 bridgehead atoms. The molecule has 0 saturated carbocycles. The molecule has 224 valence electrons. The van der Waals surface area contributed by atoms with Crippen LogP contribution in [-0.2, 0) is 0 Å². The minimum absolute atomic E-state index is 1.15. The summed E-state index contributed by atoms with van der Waals surface area (Å²) in [4.78, 5) is 0. The molecule has 48 heavy (non-hydrogen) atoms. The van der Waals surface area contributed by atoms with E-state index in [2.05, 4.69) is 191 Å². The fourth-order valence-electron chi connectivity index (χ4n) is 7.70. The minimum atomic E-state index is 1.15. The lowest BCUT2D eigenvalue weighted by molar-refractivity contribution is 1.16. The molecule has 0 unspecified atom stereocenters. The van der Waals surface area contributed by atoms with Crippen molar-refractivity contribution in [2.75, 3.05) is 0 Å². The third kappa shape index (κ3) is 4.06. The van der Waals surface area contributed by atoms with Crippen molar-refractivity contribution in [2.24, 2.45) is 0 Å². The zero-order chi connectivity index (χ0) is 31.6. The van der Waals surface area contributed by atoms with Gasteiger partial charge in [-0.2, -0.15) is 0 Å². The molecule has 10 aromatic rings. The van der Waals surface area contributed by atoms with Crippen molar-refractivity contribution in [1.82, 2.24) is 9.13 Å². The van der Waals surface area contributed by atoms with Crippen LogP contribution in [0.3, 0.4) is 0 Å². The molecule has 0 radical (unpaired) electrons. The van der Waals surface area contributed by atoms with Gasteiger partial charge in [0.05, 0.1) is 22.1 Å². The fraction of sp³-hybridized carbons (Fsp3) is 0. The third-order valence-electron chi connectivity index (χ3n) is 9.89. The Bertz CT molecular complexity index is 2800. The lowest BCUT2D eigenvalue weighted by Crippen LogP contribution is -1.96. The molecule has 2 heterocycles. The Labute approximate surface area is 278 Å². The molecular weight excluding hydrogens is 581 g/mol. The van der Waals surface area contributed by atoms with Crippen LogP contribution < -0.4 is 0 Å². The van der Waals surface area contributed by atoms with Gasteiger partial charge < -0.3 is 9.13 Å². The number of hydrogen-bond donors (Lipinski definition) is 0. The molecule has 0 aliphatic carbocycles. The van der Waals surface area contributed by atoms with Gasteiger partial charge >= 0.3 is 0 Å². The smallest absolute Gasteiger partial charge is 0.0562 e. The van der Waals surface area contributed by atoms with Gasteiger partial charge in [0.15, 0.2) is 0 Å². The topological polar surface area (TPSA) is 9.86 Å². The van der Waals surface area contributed by atoms with E-state index in [1.165, 1.54) is 82.3 Å². The van der Waals surface area contributed by atoms with Crippen molar-refractivity contribution in [3.05, 3.63) is 182 Å². The predicted octanol–water partition coefficient (Wildman–Crippen LogP) is 12.4. The largest absolute Gasteiger partial charge is 0.309 e. The fourth-order valence-corrected chi connectivity index (χ4v) is 7.70. The average molecular weight is 611 g/mol. The highest BCUT2D eigenvalue weighted by Crippen LogP contribution is 2.40. The molecule has 0 saturated heterocycles. The average Bonchev–Trinajstić information content (AvgIpc) is 3.66. The van der Waals surface area contributed by atoms with Gasteiger partial charge in [0, 0.05) is 32.9 Å². The molecule has 2 aromatic heterocycles. The Morgan fingerprint density at radius 3 is 1.44 bits per heavy atom. The summed E-state index contributed by atoms with van der Waals surface area (Å²) in [7, 11) is 0. The summed E-state index contributed by atoms with van der Waals surface area (Å²) >= 11 is 0. The van der Waals surface area contributed by atoms with E-state index in [-0.39, 0.29) is 0 Å². The Hall–Kier alpha value is -6.38. The van der Waals surface area contributed by atoms with E-state index in [9.17, 15) is 0 Å². The van der Waals surface area contributed by atoms with E-state index in [1.807, 2.05) is 0 Å². The second kappa shape index (κ2) is 10.6. The van der Waals surface area contributed by atoms with E-state index in [0.29, 0.717) is 0 Å². The highest BCUT2D eigenvalue weighted by atomic mass is 15.0.